The summed E-state index contributed by atoms with van der Waals surface area (Å²) < 4.78 is 12.5. The van der Waals surface area contributed by atoms with Crippen LogP contribution in [0.2, 0.25) is 0 Å². The van der Waals surface area contributed by atoms with E-state index in [-0.39, 0.29) is 11.9 Å². The third-order valence-corrected chi connectivity index (χ3v) is 4.60. The van der Waals surface area contributed by atoms with Gasteiger partial charge in [-0.2, -0.15) is 0 Å². The van der Waals surface area contributed by atoms with E-state index < -0.39 is 0 Å². The first-order valence-corrected chi connectivity index (χ1v) is 8.78. The average molecular weight is 364 g/mol. The predicted molar refractivity (Wildman–Crippen MR) is 106 cm³/mol. The van der Waals surface area contributed by atoms with Crippen LogP contribution in [0.3, 0.4) is 0 Å². The van der Waals surface area contributed by atoms with E-state index >= 15 is 0 Å². The molecular formula is C22H24N2O3. The van der Waals surface area contributed by atoms with Gasteiger partial charge in [0.1, 0.15) is 5.69 Å². The number of rotatable bonds is 6. The van der Waals surface area contributed by atoms with Crippen molar-refractivity contribution in [2.24, 2.45) is 7.05 Å². The highest BCUT2D eigenvalue weighted by Crippen LogP contribution is 2.30. The van der Waals surface area contributed by atoms with Gasteiger partial charge < -0.3 is 19.4 Å². The summed E-state index contributed by atoms with van der Waals surface area (Å²) in [5, 5.41) is 3.05. The van der Waals surface area contributed by atoms with Crippen LogP contribution in [0.15, 0.2) is 60.8 Å². The lowest BCUT2D eigenvalue weighted by atomic mass is 10.1. The molecule has 1 heterocycles. The van der Waals surface area contributed by atoms with Gasteiger partial charge in [-0.05, 0) is 36.2 Å². The first-order chi connectivity index (χ1) is 13.0. The van der Waals surface area contributed by atoms with Crippen LogP contribution in [0.1, 0.15) is 29.0 Å². The van der Waals surface area contributed by atoms with Crippen LogP contribution in [-0.2, 0) is 7.05 Å². The van der Waals surface area contributed by atoms with Gasteiger partial charge in [0.15, 0.2) is 11.5 Å². The minimum absolute atomic E-state index is 0.123. The maximum atomic E-state index is 12.8. The first kappa shape index (κ1) is 18.6. The summed E-state index contributed by atoms with van der Waals surface area (Å²) in [6.45, 7) is 1.94. The van der Waals surface area contributed by atoms with Gasteiger partial charge in [0, 0.05) is 18.8 Å². The number of hydrogen-bond donors (Lipinski definition) is 1. The Kier molecular flexibility index (Phi) is 5.50. The average Bonchev–Trinajstić information content (AvgIpc) is 3.09. The number of carbonyl (C=O) groups is 1. The Morgan fingerprint density at radius 3 is 2.33 bits per heavy atom. The summed E-state index contributed by atoms with van der Waals surface area (Å²) in [5.41, 5.74) is 3.65. The van der Waals surface area contributed by atoms with Gasteiger partial charge in [0.05, 0.1) is 20.3 Å². The molecule has 3 aromatic rings. The Balaban J connectivity index is 1.78. The molecule has 0 aliphatic rings. The second-order valence-electron chi connectivity index (χ2n) is 6.40. The number of benzene rings is 2. The molecule has 1 aromatic heterocycles. The van der Waals surface area contributed by atoms with Crippen LogP contribution in [0.25, 0.3) is 11.1 Å². The van der Waals surface area contributed by atoms with Crippen molar-refractivity contribution in [2.75, 3.05) is 14.2 Å². The van der Waals surface area contributed by atoms with Gasteiger partial charge in [-0.25, -0.2) is 0 Å². The van der Waals surface area contributed by atoms with E-state index in [4.69, 9.17) is 9.47 Å². The lowest BCUT2D eigenvalue weighted by molar-refractivity contribution is 0.0931. The Morgan fingerprint density at radius 2 is 1.67 bits per heavy atom. The van der Waals surface area contributed by atoms with E-state index in [9.17, 15) is 4.79 Å². The van der Waals surface area contributed by atoms with Gasteiger partial charge in [0.25, 0.3) is 5.91 Å². The number of methoxy groups -OCH3 is 2. The topological polar surface area (TPSA) is 52.5 Å². The van der Waals surface area contributed by atoms with Crippen molar-refractivity contribution in [3.05, 3.63) is 72.1 Å². The van der Waals surface area contributed by atoms with Crippen molar-refractivity contribution in [1.29, 1.82) is 0 Å². The Bertz CT molecular complexity index is 932. The number of ether oxygens (including phenoxy) is 2. The van der Waals surface area contributed by atoms with Crippen LogP contribution in [0, 0.1) is 0 Å². The summed E-state index contributed by atoms with van der Waals surface area (Å²) in [6, 6.07) is 17.4. The third-order valence-electron chi connectivity index (χ3n) is 4.60. The maximum Gasteiger partial charge on any atom is 0.268 e. The first-order valence-electron chi connectivity index (χ1n) is 8.78. The van der Waals surface area contributed by atoms with Crippen molar-refractivity contribution in [3.63, 3.8) is 0 Å². The maximum absolute atomic E-state index is 12.8. The number of aromatic nitrogens is 1. The Hall–Kier alpha value is -3.21. The zero-order valence-corrected chi connectivity index (χ0v) is 16.0. The summed E-state index contributed by atoms with van der Waals surface area (Å²) in [5.74, 6) is 1.18. The summed E-state index contributed by atoms with van der Waals surface area (Å²) >= 11 is 0. The van der Waals surface area contributed by atoms with Crippen molar-refractivity contribution in [2.45, 2.75) is 13.0 Å². The van der Waals surface area contributed by atoms with Crippen LogP contribution in [0.5, 0.6) is 11.5 Å². The van der Waals surface area contributed by atoms with E-state index in [0.717, 1.165) is 16.7 Å². The largest absolute Gasteiger partial charge is 0.493 e. The molecule has 0 bridgehead atoms. The molecule has 2 aromatic carbocycles. The second kappa shape index (κ2) is 7.99. The fourth-order valence-electron chi connectivity index (χ4n) is 3.05. The third kappa shape index (κ3) is 3.97. The molecule has 5 nitrogen and oxygen atoms in total. The number of nitrogens with one attached hydrogen (secondary N) is 1. The van der Waals surface area contributed by atoms with E-state index in [1.165, 1.54) is 0 Å². The Labute approximate surface area is 159 Å². The van der Waals surface area contributed by atoms with Gasteiger partial charge in [-0.3, -0.25) is 4.79 Å². The fraction of sp³-hybridized carbons (Fsp3) is 0.227. The predicted octanol–water partition coefficient (Wildman–Crippen LogP) is 4.20. The summed E-state index contributed by atoms with van der Waals surface area (Å²) in [7, 11) is 5.07. The monoisotopic (exact) mass is 364 g/mol. The second-order valence-corrected chi connectivity index (χ2v) is 6.40. The van der Waals surface area contributed by atoms with Crippen LogP contribution in [0.4, 0.5) is 0 Å². The molecule has 1 N–H and O–H groups in total. The van der Waals surface area contributed by atoms with Crippen molar-refractivity contribution in [3.8, 4) is 22.6 Å². The van der Waals surface area contributed by atoms with Crippen molar-refractivity contribution < 1.29 is 14.3 Å². The smallest absolute Gasteiger partial charge is 0.268 e. The number of carbonyl (C=O) groups excluding carboxylic acids is 1. The molecule has 1 atom stereocenters. The van der Waals surface area contributed by atoms with E-state index in [1.807, 2.05) is 79.3 Å². The summed E-state index contributed by atoms with van der Waals surface area (Å²) in [6.07, 6.45) is 1.96. The van der Waals surface area contributed by atoms with Crippen LogP contribution in [-0.4, -0.2) is 24.7 Å². The number of aryl methyl sites for hydroxylation is 1. The lowest BCUT2D eigenvalue weighted by Gasteiger charge is -2.16. The minimum Gasteiger partial charge on any atom is -0.493 e. The summed E-state index contributed by atoms with van der Waals surface area (Å²) in [4.78, 5) is 12.8. The fourth-order valence-corrected chi connectivity index (χ4v) is 3.05. The molecule has 0 aliphatic carbocycles. The molecule has 0 radical (unpaired) electrons. The number of hydrogen-bond acceptors (Lipinski definition) is 3. The highest BCUT2D eigenvalue weighted by atomic mass is 16.5. The molecule has 0 spiro atoms. The van der Waals surface area contributed by atoms with Crippen molar-refractivity contribution >= 4 is 5.91 Å². The zero-order chi connectivity index (χ0) is 19.4. The van der Waals surface area contributed by atoms with E-state index in [2.05, 4.69) is 5.32 Å². The van der Waals surface area contributed by atoms with Crippen molar-refractivity contribution in [1.82, 2.24) is 9.88 Å². The molecule has 5 heteroatoms. The molecule has 3 rings (SSSR count). The molecule has 0 fully saturated rings. The molecule has 1 amide bonds. The molecule has 27 heavy (non-hydrogen) atoms. The van der Waals surface area contributed by atoms with Gasteiger partial charge in [0.2, 0.25) is 0 Å². The van der Waals surface area contributed by atoms with E-state index in [0.29, 0.717) is 17.2 Å². The zero-order valence-electron chi connectivity index (χ0n) is 16.0. The van der Waals surface area contributed by atoms with E-state index in [1.54, 1.807) is 14.2 Å². The highest BCUT2D eigenvalue weighted by molar-refractivity contribution is 5.94. The van der Waals surface area contributed by atoms with Gasteiger partial charge >= 0.3 is 0 Å². The molecule has 0 saturated heterocycles. The van der Waals surface area contributed by atoms with Gasteiger partial charge in [-0.15, -0.1) is 0 Å². The lowest BCUT2D eigenvalue weighted by Crippen LogP contribution is -2.28. The number of nitrogens with zero attached hydrogens (tertiary/aromatic N) is 1. The van der Waals surface area contributed by atoms with Crippen LogP contribution < -0.4 is 14.8 Å². The SMILES string of the molecule is COc1ccc([C@@H](C)NC(=O)c2cc(-c3ccccc3)cn2C)cc1OC. The molecule has 0 saturated carbocycles. The molecule has 140 valence electrons. The standard InChI is InChI=1S/C22H24N2O3/c1-15(17-10-11-20(26-3)21(13-17)27-4)23-22(25)19-12-18(14-24(19)2)16-8-6-5-7-9-16/h5-15H,1-4H3,(H,23,25)/t15-/m1/s1. The van der Waals surface area contributed by atoms with Gasteiger partial charge in [-0.1, -0.05) is 36.4 Å². The van der Waals surface area contributed by atoms with Crippen LogP contribution >= 0.6 is 0 Å². The quantitative estimate of drug-likeness (QED) is 0.713. The molecule has 0 aliphatic heterocycles. The number of amides is 1. The molecule has 0 unspecified atom stereocenters. The Morgan fingerprint density at radius 1 is 0.963 bits per heavy atom. The normalized spacial score (nSPS) is 11.7. The minimum atomic E-state index is -0.174. The molecular weight excluding hydrogens is 340 g/mol. The highest BCUT2D eigenvalue weighted by Gasteiger charge is 2.17.